The van der Waals surface area contributed by atoms with E-state index in [9.17, 15) is 24.9 Å². The Morgan fingerprint density at radius 2 is 1.54 bits per heavy atom. The normalized spacial score (nSPS) is 11.2. The van der Waals surface area contributed by atoms with Gasteiger partial charge in [0.1, 0.15) is 19.0 Å². The van der Waals surface area contributed by atoms with E-state index in [1.807, 2.05) is 4.98 Å². The fraction of sp³-hybridized carbons (Fsp3) is 0.200. The third kappa shape index (κ3) is 5.70. The van der Waals surface area contributed by atoms with E-state index in [0.29, 0.717) is 6.42 Å². The molecule has 0 aliphatic rings. The molecule has 138 valence electrons. The van der Waals surface area contributed by atoms with Crippen LogP contribution < -0.4 is 11.2 Å². The lowest BCUT2D eigenvalue weighted by Crippen LogP contribution is -2.22. The van der Waals surface area contributed by atoms with Crippen LogP contribution in [0.5, 0.6) is 17.2 Å². The van der Waals surface area contributed by atoms with Crippen LogP contribution >= 0.6 is 0 Å². The van der Waals surface area contributed by atoms with Crippen molar-refractivity contribution in [1.29, 1.82) is 0 Å². The highest BCUT2D eigenvalue weighted by Crippen LogP contribution is 2.31. The van der Waals surface area contributed by atoms with Gasteiger partial charge in [-0.2, -0.15) is 0 Å². The van der Waals surface area contributed by atoms with E-state index < -0.39 is 22.7 Å². The van der Waals surface area contributed by atoms with Crippen LogP contribution in [0.4, 0.5) is 0 Å². The van der Waals surface area contributed by atoms with Crippen molar-refractivity contribution in [2.24, 2.45) is 10.3 Å². The summed E-state index contributed by atoms with van der Waals surface area (Å²) in [5.41, 5.74) is -0.808. The Morgan fingerprint density at radius 3 is 2.23 bits per heavy atom. The molecule has 0 unspecified atom stereocenters. The van der Waals surface area contributed by atoms with Crippen molar-refractivity contribution in [2.75, 3.05) is 13.2 Å². The van der Waals surface area contributed by atoms with Crippen LogP contribution in [0, 0.1) is 0 Å². The number of oxime groups is 2. The topological polar surface area (TPSA) is 170 Å². The van der Waals surface area contributed by atoms with Crippen molar-refractivity contribution in [1.82, 2.24) is 9.97 Å². The minimum Gasteiger partial charge on any atom is -0.507 e. The van der Waals surface area contributed by atoms with Crippen LogP contribution in [0.3, 0.4) is 0 Å². The smallest absolute Gasteiger partial charge is 0.326 e. The minimum absolute atomic E-state index is 0.174. The fourth-order valence-corrected chi connectivity index (χ4v) is 1.72. The number of hydrogen-bond donors (Lipinski definition) is 5. The summed E-state index contributed by atoms with van der Waals surface area (Å²) in [4.78, 5) is 36.3. The molecular weight excluding hydrogens is 348 g/mol. The Hall–Kier alpha value is -3.76. The summed E-state index contributed by atoms with van der Waals surface area (Å²) in [6.45, 7) is 0.392. The van der Waals surface area contributed by atoms with E-state index >= 15 is 0 Å². The van der Waals surface area contributed by atoms with E-state index in [1.54, 1.807) is 0 Å². The van der Waals surface area contributed by atoms with Crippen LogP contribution in [-0.4, -0.2) is 50.9 Å². The first-order valence-electron chi connectivity index (χ1n) is 7.35. The average molecular weight is 364 g/mol. The van der Waals surface area contributed by atoms with Crippen molar-refractivity contribution in [3.8, 4) is 17.2 Å². The van der Waals surface area contributed by atoms with Gasteiger partial charge in [-0.15, -0.1) is 0 Å². The lowest BCUT2D eigenvalue weighted by Gasteiger charge is -2.02. The minimum atomic E-state index is -0.641. The number of aromatic hydroxyl groups is 3. The lowest BCUT2D eigenvalue weighted by atomic mass is 10.2. The van der Waals surface area contributed by atoms with Gasteiger partial charge in [0.25, 0.3) is 5.56 Å². The molecule has 2 rings (SSSR count). The summed E-state index contributed by atoms with van der Waals surface area (Å²) in [5, 5.41) is 35.3. The standard InChI is InChI=1S/C15H16N4O7/c20-11-6-13(22)12(21)4-9(11)7-16-25-2-1-3-26-17-8-10-5-14(23)19-15(24)18-10/h4-8,20-22H,1-3H2,(H2,18,19,23,24)/b16-7+,17-8+. The van der Waals surface area contributed by atoms with Crippen molar-refractivity contribution in [2.45, 2.75) is 6.42 Å². The third-order valence-electron chi connectivity index (χ3n) is 2.91. The monoisotopic (exact) mass is 364 g/mol. The number of aromatic nitrogens is 2. The molecule has 0 amide bonds. The molecule has 0 saturated carbocycles. The van der Waals surface area contributed by atoms with Gasteiger partial charge in [0.05, 0.1) is 18.1 Å². The van der Waals surface area contributed by atoms with Crippen molar-refractivity contribution < 1.29 is 25.0 Å². The number of H-pyrrole nitrogens is 2. The first-order valence-corrected chi connectivity index (χ1v) is 7.35. The van der Waals surface area contributed by atoms with Crippen LogP contribution in [-0.2, 0) is 9.68 Å². The number of hydrogen-bond acceptors (Lipinski definition) is 9. The van der Waals surface area contributed by atoms with Gasteiger partial charge >= 0.3 is 5.69 Å². The summed E-state index contributed by atoms with van der Waals surface area (Å²) in [7, 11) is 0. The van der Waals surface area contributed by atoms with Crippen LogP contribution in [0.2, 0.25) is 0 Å². The zero-order chi connectivity index (χ0) is 18.9. The zero-order valence-electron chi connectivity index (χ0n) is 13.4. The van der Waals surface area contributed by atoms with Gasteiger partial charge in [0.2, 0.25) is 0 Å². The summed E-state index contributed by atoms with van der Waals surface area (Å²) >= 11 is 0. The Balaban J connectivity index is 1.68. The van der Waals surface area contributed by atoms with Gasteiger partial charge in [-0.25, -0.2) is 4.79 Å². The molecule has 26 heavy (non-hydrogen) atoms. The number of benzene rings is 1. The molecule has 0 saturated heterocycles. The number of nitrogens with zero attached hydrogens (tertiary/aromatic N) is 2. The molecule has 0 atom stereocenters. The Kier molecular flexibility index (Phi) is 6.37. The molecule has 5 N–H and O–H groups in total. The molecule has 0 bridgehead atoms. The SMILES string of the molecule is O=c1cc(/C=N/OCCCO/N=C/c2cc(O)c(O)cc2O)[nH]c(=O)[nH]1. The van der Waals surface area contributed by atoms with Crippen molar-refractivity contribution in [3.63, 3.8) is 0 Å². The molecule has 11 nitrogen and oxygen atoms in total. The number of phenolic OH excluding ortho intramolecular Hbond substituents is 3. The second-order valence-electron chi connectivity index (χ2n) is 4.93. The Bertz CT molecular complexity index is 889. The maximum Gasteiger partial charge on any atom is 0.326 e. The molecule has 1 aromatic carbocycles. The molecule has 0 spiro atoms. The Morgan fingerprint density at radius 1 is 0.885 bits per heavy atom. The van der Waals surface area contributed by atoms with E-state index in [2.05, 4.69) is 15.3 Å². The summed E-state index contributed by atoms with van der Waals surface area (Å²) in [6.07, 6.45) is 2.81. The van der Waals surface area contributed by atoms with Gasteiger partial charge in [-0.1, -0.05) is 10.3 Å². The zero-order valence-corrected chi connectivity index (χ0v) is 13.4. The molecule has 2 aromatic rings. The van der Waals surface area contributed by atoms with Gasteiger partial charge in [0, 0.05) is 24.1 Å². The third-order valence-corrected chi connectivity index (χ3v) is 2.91. The maximum absolute atomic E-state index is 11.1. The second-order valence-corrected chi connectivity index (χ2v) is 4.93. The fourth-order valence-electron chi connectivity index (χ4n) is 1.72. The highest BCUT2D eigenvalue weighted by Gasteiger charge is 2.05. The molecule has 0 aliphatic carbocycles. The van der Waals surface area contributed by atoms with Gasteiger partial charge < -0.3 is 30.0 Å². The largest absolute Gasteiger partial charge is 0.507 e. The molecule has 0 aliphatic heterocycles. The quantitative estimate of drug-likeness (QED) is 0.144. The first-order chi connectivity index (χ1) is 12.5. The molecule has 0 fully saturated rings. The molecule has 11 heteroatoms. The van der Waals surface area contributed by atoms with Crippen LogP contribution in [0.25, 0.3) is 0 Å². The van der Waals surface area contributed by atoms with E-state index in [4.69, 9.17) is 9.68 Å². The maximum atomic E-state index is 11.1. The molecule has 1 aromatic heterocycles. The highest BCUT2D eigenvalue weighted by atomic mass is 16.6. The summed E-state index contributed by atoms with van der Waals surface area (Å²) in [5.74, 6) is -1.09. The Labute approximate surface area is 145 Å². The van der Waals surface area contributed by atoms with E-state index in [0.717, 1.165) is 18.2 Å². The summed E-state index contributed by atoms with van der Waals surface area (Å²) in [6, 6.07) is 3.27. The van der Waals surface area contributed by atoms with Gasteiger partial charge in [-0.05, 0) is 6.07 Å². The number of nitrogens with one attached hydrogen (secondary N) is 2. The number of rotatable bonds is 8. The average Bonchev–Trinajstić information content (AvgIpc) is 2.57. The molecule has 0 radical (unpaired) electrons. The predicted molar refractivity (Wildman–Crippen MR) is 90.8 cm³/mol. The van der Waals surface area contributed by atoms with Crippen molar-refractivity contribution >= 4 is 12.4 Å². The van der Waals surface area contributed by atoms with Crippen molar-refractivity contribution in [3.05, 3.63) is 50.3 Å². The first kappa shape index (κ1) is 18.6. The van der Waals surface area contributed by atoms with Crippen LogP contribution in [0.15, 0.2) is 38.1 Å². The number of aromatic amines is 2. The second kappa shape index (κ2) is 8.92. The summed E-state index contributed by atoms with van der Waals surface area (Å²) < 4.78 is 0. The predicted octanol–water partition coefficient (Wildman–Crippen LogP) is -0.0287. The number of phenols is 3. The van der Waals surface area contributed by atoms with Crippen LogP contribution in [0.1, 0.15) is 17.7 Å². The van der Waals surface area contributed by atoms with E-state index in [1.165, 1.54) is 12.4 Å². The van der Waals surface area contributed by atoms with Gasteiger partial charge in [-0.3, -0.25) is 9.78 Å². The van der Waals surface area contributed by atoms with Gasteiger partial charge in [0.15, 0.2) is 11.5 Å². The lowest BCUT2D eigenvalue weighted by molar-refractivity contribution is 0.0913. The molecular formula is C15H16N4O7. The van der Waals surface area contributed by atoms with E-state index in [-0.39, 0.29) is 30.2 Å². The highest BCUT2D eigenvalue weighted by molar-refractivity contribution is 5.84. The molecule has 1 heterocycles.